The molecule has 3 N–H and O–H groups in total. The average molecular weight is 235 g/mol. The number of nitrogens with one attached hydrogen (secondary N) is 1. The molecule has 0 radical (unpaired) electrons. The van der Waals surface area contributed by atoms with Crippen molar-refractivity contribution < 1.29 is 4.74 Å². The first kappa shape index (κ1) is 11.3. The van der Waals surface area contributed by atoms with Gasteiger partial charge in [-0.2, -0.15) is 0 Å². The van der Waals surface area contributed by atoms with Gasteiger partial charge >= 0.3 is 0 Å². The number of rotatable bonds is 4. The molecule has 0 bridgehead atoms. The summed E-state index contributed by atoms with van der Waals surface area (Å²) in [6.07, 6.45) is 2.93. The fourth-order valence-electron chi connectivity index (χ4n) is 1.39. The minimum absolute atomic E-state index is 0.314. The third-order valence-electron chi connectivity index (χ3n) is 2.27. The first-order valence-electron chi connectivity index (χ1n) is 5.08. The van der Waals surface area contributed by atoms with Crippen molar-refractivity contribution in [2.75, 3.05) is 31.4 Å². The van der Waals surface area contributed by atoms with E-state index < -0.39 is 0 Å². The standard InChI is InChI=1S/C10H13N5O2/c1-17-5-3-12-10-13-6-7-8(14-10)2-4-15(11)9(7)16/h2,4,6H,3,5,11H2,1H3,(H,12,13,14). The van der Waals surface area contributed by atoms with Gasteiger partial charge in [0.2, 0.25) is 5.95 Å². The van der Waals surface area contributed by atoms with Gasteiger partial charge < -0.3 is 15.9 Å². The van der Waals surface area contributed by atoms with Gasteiger partial charge in [-0.15, -0.1) is 0 Å². The van der Waals surface area contributed by atoms with Crippen LogP contribution in [-0.2, 0) is 4.74 Å². The van der Waals surface area contributed by atoms with E-state index in [1.54, 1.807) is 13.2 Å². The Morgan fingerprint density at radius 2 is 2.41 bits per heavy atom. The van der Waals surface area contributed by atoms with Crippen molar-refractivity contribution >= 4 is 16.9 Å². The van der Waals surface area contributed by atoms with E-state index in [1.807, 2.05) is 0 Å². The third kappa shape index (κ3) is 2.34. The summed E-state index contributed by atoms with van der Waals surface area (Å²) in [5, 5.41) is 3.38. The van der Waals surface area contributed by atoms with Gasteiger partial charge in [0.05, 0.1) is 17.5 Å². The van der Waals surface area contributed by atoms with Crippen LogP contribution >= 0.6 is 0 Å². The van der Waals surface area contributed by atoms with Gasteiger partial charge in [-0.3, -0.25) is 4.79 Å². The number of anilines is 1. The second kappa shape index (κ2) is 4.79. The summed E-state index contributed by atoms with van der Waals surface area (Å²) in [5.41, 5.74) is 0.248. The van der Waals surface area contributed by atoms with Crippen molar-refractivity contribution in [2.24, 2.45) is 0 Å². The van der Waals surface area contributed by atoms with Gasteiger partial charge in [-0.25, -0.2) is 14.6 Å². The van der Waals surface area contributed by atoms with E-state index in [2.05, 4.69) is 15.3 Å². The molecule has 0 unspecified atom stereocenters. The first-order chi connectivity index (χ1) is 8.22. The second-order valence-corrected chi connectivity index (χ2v) is 3.44. The smallest absolute Gasteiger partial charge is 0.279 e. The second-order valence-electron chi connectivity index (χ2n) is 3.44. The Morgan fingerprint density at radius 1 is 1.59 bits per heavy atom. The van der Waals surface area contributed by atoms with Gasteiger partial charge in [-0.05, 0) is 6.07 Å². The van der Waals surface area contributed by atoms with Gasteiger partial charge in [0.1, 0.15) is 0 Å². The lowest BCUT2D eigenvalue weighted by molar-refractivity contribution is 0.210. The van der Waals surface area contributed by atoms with E-state index in [1.165, 1.54) is 12.4 Å². The molecule has 2 aromatic rings. The maximum atomic E-state index is 11.6. The summed E-state index contributed by atoms with van der Waals surface area (Å²) >= 11 is 0. The van der Waals surface area contributed by atoms with Gasteiger partial charge in [0.25, 0.3) is 5.56 Å². The lowest BCUT2D eigenvalue weighted by Crippen LogP contribution is -2.26. The van der Waals surface area contributed by atoms with Crippen molar-refractivity contribution in [3.05, 3.63) is 28.8 Å². The molecular weight excluding hydrogens is 222 g/mol. The quantitative estimate of drug-likeness (QED) is 0.551. The highest BCUT2D eigenvalue weighted by molar-refractivity contribution is 5.77. The van der Waals surface area contributed by atoms with Crippen LogP contribution in [0.3, 0.4) is 0 Å². The van der Waals surface area contributed by atoms with Crippen LogP contribution in [0.2, 0.25) is 0 Å². The van der Waals surface area contributed by atoms with Crippen LogP contribution in [0.5, 0.6) is 0 Å². The Hall–Kier alpha value is -2.15. The van der Waals surface area contributed by atoms with Crippen LogP contribution in [0.25, 0.3) is 10.9 Å². The Morgan fingerprint density at radius 3 is 3.18 bits per heavy atom. The van der Waals surface area contributed by atoms with Crippen LogP contribution in [0.15, 0.2) is 23.3 Å². The zero-order valence-corrected chi connectivity index (χ0v) is 9.38. The van der Waals surface area contributed by atoms with Crippen molar-refractivity contribution in [1.29, 1.82) is 0 Å². The first-order valence-corrected chi connectivity index (χ1v) is 5.08. The summed E-state index contributed by atoms with van der Waals surface area (Å²) in [7, 11) is 1.62. The molecule has 0 aromatic carbocycles. The molecule has 2 aromatic heterocycles. The summed E-state index contributed by atoms with van der Waals surface area (Å²) in [5.74, 6) is 5.90. The number of nitrogen functional groups attached to an aromatic ring is 1. The number of methoxy groups -OCH3 is 1. The van der Waals surface area contributed by atoms with Crippen LogP contribution < -0.4 is 16.7 Å². The van der Waals surface area contributed by atoms with E-state index in [-0.39, 0.29) is 5.56 Å². The van der Waals surface area contributed by atoms with Crippen molar-refractivity contribution in [3.8, 4) is 0 Å². The Bertz CT molecular complexity index is 580. The molecule has 0 saturated carbocycles. The van der Waals surface area contributed by atoms with Gasteiger partial charge in [0.15, 0.2) is 0 Å². The van der Waals surface area contributed by atoms with Gasteiger partial charge in [0, 0.05) is 26.0 Å². The number of fused-ring (bicyclic) bond motifs is 1. The number of hydrogen-bond acceptors (Lipinski definition) is 6. The van der Waals surface area contributed by atoms with Crippen LogP contribution in [0.4, 0.5) is 5.95 Å². The van der Waals surface area contributed by atoms with E-state index in [0.717, 1.165) is 4.68 Å². The number of nitrogens with two attached hydrogens (primary N) is 1. The predicted octanol–water partition coefficient (Wildman–Crippen LogP) is -0.436. The van der Waals surface area contributed by atoms with E-state index in [9.17, 15) is 4.79 Å². The fourth-order valence-corrected chi connectivity index (χ4v) is 1.39. The van der Waals surface area contributed by atoms with Crippen LogP contribution in [-0.4, -0.2) is 34.9 Å². The molecule has 7 heteroatoms. The van der Waals surface area contributed by atoms with Crippen molar-refractivity contribution in [1.82, 2.24) is 14.6 Å². The number of hydrogen-bond donors (Lipinski definition) is 2. The van der Waals surface area contributed by atoms with Crippen LogP contribution in [0.1, 0.15) is 0 Å². The number of nitrogens with zero attached hydrogens (tertiary/aromatic N) is 3. The largest absolute Gasteiger partial charge is 0.383 e. The SMILES string of the molecule is COCCNc1ncc2c(=O)n(N)ccc2n1. The molecule has 17 heavy (non-hydrogen) atoms. The van der Waals surface area contributed by atoms with E-state index >= 15 is 0 Å². The minimum atomic E-state index is -0.314. The lowest BCUT2D eigenvalue weighted by Gasteiger charge is -2.05. The molecule has 7 nitrogen and oxygen atoms in total. The maximum absolute atomic E-state index is 11.6. The zero-order chi connectivity index (χ0) is 12.3. The highest BCUT2D eigenvalue weighted by atomic mass is 16.5. The molecule has 2 rings (SSSR count). The molecule has 0 aliphatic heterocycles. The Balaban J connectivity index is 2.32. The van der Waals surface area contributed by atoms with Crippen molar-refractivity contribution in [2.45, 2.75) is 0 Å². The summed E-state index contributed by atoms with van der Waals surface area (Å²) in [6.45, 7) is 1.17. The topological polar surface area (TPSA) is 95.1 Å². The lowest BCUT2D eigenvalue weighted by atomic mass is 10.3. The summed E-state index contributed by atoms with van der Waals surface area (Å²) in [4.78, 5) is 19.9. The highest BCUT2D eigenvalue weighted by Gasteiger charge is 2.04. The Labute approximate surface area is 97.2 Å². The summed E-state index contributed by atoms with van der Waals surface area (Å²) < 4.78 is 5.90. The predicted molar refractivity (Wildman–Crippen MR) is 64.3 cm³/mol. The summed E-state index contributed by atoms with van der Waals surface area (Å²) in [6, 6.07) is 1.67. The molecule has 0 atom stereocenters. The highest BCUT2D eigenvalue weighted by Crippen LogP contribution is 2.07. The number of aromatic nitrogens is 3. The normalized spacial score (nSPS) is 10.6. The molecule has 90 valence electrons. The monoisotopic (exact) mass is 235 g/mol. The zero-order valence-electron chi connectivity index (χ0n) is 9.38. The molecule has 0 aliphatic rings. The molecule has 0 fully saturated rings. The maximum Gasteiger partial charge on any atom is 0.279 e. The van der Waals surface area contributed by atoms with E-state index in [4.69, 9.17) is 10.6 Å². The molecule has 2 heterocycles. The molecular formula is C10H13N5O2. The molecule has 0 amide bonds. The number of pyridine rings is 1. The van der Waals surface area contributed by atoms with E-state index in [0.29, 0.717) is 30.0 Å². The molecule has 0 saturated heterocycles. The average Bonchev–Trinajstić information content (AvgIpc) is 2.34. The fraction of sp³-hybridized carbons (Fsp3) is 0.300. The molecule has 0 aliphatic carbocycles. The molecule has 0 spiro atoms. The van der Waals surface area contributed by atoms with Crippen LogP contribution in [0, 0.1) is 0 Å². The number of ether oxygens (including phenoxy) is 1. The van der Waals surface area contributed by atoms with Crippen molar-refractivity contribution in [3.63, 3.8) is 0 Å². The van der Waals surface area contributed by atoms with Gasteiger partial charge in [-0.1, -0.05) is 0 Å². The third-order valence-corrected chi connectivity index (χ3v) is 2.27. The minimum Gasteiger partial charge on any atom is -0.383 e. The Kier molecular flexibility index (Phi) is 3.20.